The van der Waals surface area contributed by atoms with E-state index < -0.39 is 24.3 Å². The van der Waals surface area contributed by atoms with Gasteiger partial charge in [0.1, 0.15) is 32.8 Å². The quantitative estimate of drug-likeness (QED) is 0.0767. The lowest BCUT2D eigenvalue weighted by atomic mass is 9.93. The zero-order valence-corrected chi connectivity index (χ0v) is 27.3. The van der Waals surface area contributed by atoms with E-state index in [1.54, 1.807) is 0 Å². The van der Waals surface area contributed by atoms with Crippen molar-refractivity contribution in [3.05, 3.63) is 0 Å². The Labute approximate surface area is 252 Å². The molecule has 1 amide bonds. The summed E-state index contributed by atoms with van der Waals surface area (Å²) in [4.78, 5) is 11.9. The number of carbonyl (C=O) groups excluding carboxylic acids is 1. The molecule has 0 bridgehead atoms. The average Bonchev–Trinajstić information content (AvgIpc) is 3.26. The van der Waals surface area contributed by atoms with Crippen molar-refractivity contribution in [2.45, 2.75) is 187 Å². The van der Waals surface area contributed by atoms with Gasteiger partial charge in [-0.05, 0) is 6.42 Å². The minimum Gasteiger partial charge on any atom is -0.394 e. The summed E-state index contributed by atoms with van der Waals surface area (Å²) in [7, 11) is 5.60. The molecule has 0 spiro atoms. The van der Waals surface area contributed by atoms with Gasteiger partial charge in [0.25, 0.3) is 0 Å². The molecule has 7 heteroatoms. The predicted molar refractivity (Wildman–Crippen MR) is 173 cm³/mol. The van der Waals surface area contributed by atoms with E-state index in [1.807, 2.05) is 27.7 Å². The lowest BCUT2D eigenvalue weighted by Gasteiger charge is -2.19. The van der Waals surface area contributed by atoms with Crippen LogP contribution >= 0.6 is 0 Å². The molecule has 0 saturated carbocycles. The first-order chi connectivity index (χ1) is 19.6. The minimum atomic E-state index is -1.04. The van der Waals surface area contributed by atoms with Crippen LogP contribution in [0.25, 0.3) is 0 Å². The normalized spacial score (nSPS) is 19.9. The highest BCUT2D eigenvalue weighted by Gasteiger charge is 2.41. The van der Waals surface area contributed by atoms with Crippen LogP contribution in [0.1, 0.15) is 164 Å². The van der Waals surface area contributed by atoms with Crippen molar-refractivity contribution in [1.29, 1.82) is 0 Å². The van der Waals surface area contributed by atoms with Crippen molar-refractivity contribution in [2.75, 3.05) is 19.8 Å². The van der Waals surface area contributed by atoms with Crippen LogP contribution in [0.3, 0.4) is 0 Å². The Kier molecular flexibility index (Phi) is 34.1. The maximum atomic E-state index is 11.9. The summed E-state index contributed by atoms with van der Waals surface area (Å²) < 4.78 is 10.6. The number of nitrogens with one attached hydrogen (secondary N) is 1. The topological polar surface area (TPSA) is 88.0 Å². The molecule has 1 aliphatic rings. The van der Waals surface area contributed by atoms with Crippen LogP contribution in [0, 0.1) is 0 Å². The molecular formula is C33H70BNO5. The number of aliphatic hydroxyl groups excluding tert-OH is 2. The van der Waals surface area contributed by atoms with Gasteiger partial charge >= 0.3 is 0 Å². The molecule has 0 aromatic rings. The van der Waals surface area contributed by atoms with Gasteiger partial charge in [0.2, 0.25) is 5.91 Å². The lowest BCUT2D eigenvalue weighted by molar-refractivity contribution is -0.131. The third-order valence-electron chi connectivity index (χ3n) is 7.31. The van der Waals surface area contributed by atoms with Gasteiger partial charge in [-0.1, -0.05) is 157 Å². The molecule has 3 unspecified atom stereocenters. The van der Waals surface area contributed by atoms with Crippen molar-refractivity contribution < 1.29 is 25.9 Å². The van der Waals surface area contributed by atoms with Crippen LogP contribution in [-0.4, -0.2) is 68.0 Å². The summed E-state index contributed by atoms with van der Waals surface area (Å²) in [5.74, 6) is -0.225. The average molecular weight is 572 g/mol. The van der Waals surface area contributed by atoms with Gasteiger partial charge in [0.15, 0.2) is 0 Å². The number of carbonyl (C=O) groups is 1. The van der Waals surface area contributed by atoms with Crippen molar-refractivity contribution in [2.24, 2.45) is 0 Å². The molecule has 240 valence electrons. The third-order valence-corrected chi connectivity index (χ3v) is 7.31. The molecular weight excluding hydrogens is 501 g/mol. The van der Waals surface area contributed by atoms with E-state index in [0.717, 1.165) is 12.8 Å². The molecule has 1 fully saturated rings. The SMILES string of the molecule is CC.CC.[B]C1OC(CO)C(OCC(=O)NCCCCCCCCCCCCCCCCCCCCCC)[C@@H]1O.[HH]. The van der Waals surface area contributed by atoms with E-state index in [4.69, 9.17) is 17.3 Å². The number of amides is 1. The van der Waals surface area contributed by atoms with Crippen molar-refractivity contribution >= 4 is 13.8 Å². The van der Waals surface area contributed by atoms with Gasteiger partial charge in [-0.25, -0.2) is 0 Å². The Balaban J connectivity index is -0.00000276. The standard InChI is InChI=1S/C29H56BNO5.2C2H6.H2/c1-2-3-4-5-6-7-8-9-10-11-12-13-14-15-16-17-18-19-20-21-22-31-26(33)24-35-28-25(23-32)36-29(30)27(28)34;2*1-2;/h25,27-29,32,34H,2-24H2,1H3,(H,31,33);2*1-2H3;1H/t25?,27-,28?,29?;;;/m0.../s1. The van der Waals surface area contributed by atoms with Crippen LogP contribution in [0.4, 0.5) is 0 Å². The van der Waals surface area contributed by atoms with E-state index >= 15 is 0 Å². The van der Waals surface area contributed by atoms with E-state index in [2.05, 4.69) is 12.2 Å². The summed E-state index contributed by atoms with van der Waals surface area (Å²) in [5.41, 5.74) is 0. The zero-order valence-electron chi connectivity index (χ0n) is 27.3. The van der Waals surface area contributed by atoms with Crippen LogP contribution in [0.2, 0.25) is 0 Å². The minimum absolute atomic E-state index is 0. The molecule has 3 N–H and O–H groups in total. The Hall–Kier alpha value is -0.625. The monoisotopic (exact) mass is 572 g/mol. The smallest absolute Gasteiger partial charge is 0.246 e. The molecule has 6 nitrogen and oxygen atoms in total. The molecule has 1 heterocycles. The summed E-state index contributed by atoms with van der Waals surface area (Å²) >= 11 is 0. The summed E-state index contributed by atoms with van der Waals surface area (Å²) in [5, 5.41) is 22.0. The molecule has 0 aliphatic carbocycles. The number of unbranched alkanes of at least 4 members (excludes halogenated alkanes) is 19. The second-order valence-electron chi connectivity index (χ2n) is 10.7. The first-order valence-electron chi connectivity index (χ1n) is 17.2. The number of aliphatic hydroxyl groups is 2. The fourth-order valence-electron chi connectivity index (χ4n) is 4.95. The molecule has 40 heavy (non-hydrogen) atoms. The number of hydrogen-bond acceptors (Lipinski definition) is 5. The van der Waals surface area contributed by atoms with Crippen molar-refractivity contribution in [3.8, 4) is 0 Å². The Morgan fingerprint density at radius 2 is 1.12 bits per heavy atom. The van der Waals surface area contributed by atoms with Crippen LogP contribution in [0.5, 0.6) is 0 Å². The van der Waals surface area contributed by atoms with Crippen LogP contribution < -0.4 is 5.32 Å². The second-order valence-corrected chi connectivity index (χ2v) is 10.7. The predicted octanol–water partition coefficient (Wildman–Crippen LogP) is 7.85. The molecule has 1 aliphatic heterocycles. The van der Waals surface area contributed by atoms with Crippen LogP contribution in [0.15, 0.2) is 0 Å². The zero-order chi connectivity index (χ0) is 30.3. The maximum Gasteiger partial charge on any atom is 0.246 e. The number of ether oxygens (including phenoxy) is 2. The molecule has 2 radical (unpaired) electrons. The number of hydrogen-bond donors (Lipinski definition) is 3. The molecule has 0 aromatic heterocycles. The number of rotatable bonds is 25. The Morgan fingerprint density at radius 3 is 1.50 bits per heavy atom. The van der Waals surface area contributed by atoms with Crippen LogP contribution in [-0.2, 0) is 14.3 Å². The van der Waals surface area contributed by atoms with Gasteiger partial charge in [0.05, 0.1) is 6.61 Å². The summed E-state index contributed by atoms with van der Waals surface area (Å²) in [6, 6.07) is -0.899. The van der Waals surface area contributed by atoms with E-state index in [0.29, 0.717) is 6.54 Å². The summed E-state index contributed by atoms with van der Waals surface area (Å²) in [6.07, 6.45) is 24.5. The molecule has 0 aromatic carbocycles. The fourth-order valence-corrected chi connectivity index (χ4v) is 4.95. The Morgan fingerprint density at radius 1 is 0.750 bits per heavy atom. The second kappa shape index (κ2) is 32.9. The first-order valence-corrected chi connectivity index (χ1v) is 17.2. The van der Waals surface area contributed by atoms with Gasteiger partial charge in [0, 0.05) is 14.0 Å². The highest BCUT2D eigenvalue weighted by Crippen LogP contribution is 2.22. The van der Waals surface area contributed by atoms with E-state index in [1.165, 1.54) is 116 Å². The van der Waals surface area contributed by atoms with Gasteiger partial charge < -0.3 is 25.0 Å². The molecule has 1 rings (SSSR count). The van der Waals surface area contributed by atoms with Gasteiger partial charge in [-0.3, -0.25) is 4.79 Å². The van der Waals surface area contributed by atoms with Gasteiger partial charge in [-0.2, -0.15) is 0 Å². The molecule has 4 atom stereocenters. The van der Waals surface area contributed by atoms with Crippen molar-refractivity contribution in [1.82, 2.24) is 5.32 Å². The Bertz CT molecular complexity index is 518. The third kappa shape index (κ3) is 24.0. The fraction of sp³-hybridized carbons (Fsp3) is 0.970. The lowest BCUT2D eigenvalue weighted by Crippen LogP contribution is -2.40. The van der Waals surface area contributed by atoms with Crippen molar-refractivity contribution in [3.63, 3.8) is 0 Å². The summed E-state index contributed by atoms with van der Waals surface area (Å²) in [6.45, 7) is 10.4. The first kappa shape index (κ1) is 41.5. The maximum absolute atomic E-state index is 11.9. The largest absolute Gasteiger partial charge is 0.394 e. The highest BCUT2D eigenvalue weighted by atomic mass is 16.6. The van der Waals surface area contributed by atoms with E-state index in [9.17, 15) is 15.0 Å². The van der Waals surface area contributed by atoms with E-state index in [-0.39, 0.29) is 20.5 Å². The van der Waals surface area contributed by atoms with Gasteiger partial charge in [-0.15, -0.1) is 0 Å². The highest BCUT2D eigenvalue weighted by molar-refractivity contribution is 6.11. The molecule has 1 saturated heterocycles.